The van der Waals surface area contributed by atoms with E-state index in [1.165, 1.54) is 19.2 Å². The zero-order valence-electron chi connectivity index (χ0n) is 10.9. The second-order valence-corrected chi connectivity index (χ2v) is 6.03. The Morgan fingerprint density at radius 1 is 1.38 bits per heavy atom. The molecule has 1 aromatic heterocycles. The van der Waals surface area contributed by atoms with E-state index in [9.17, 15) is 18.0 Å². The molecule has 3 nitrogen and oxygen atoms in total. The third kappa shape index (κ3) is 3.26. The van der Waals surface area contributed by atoms with Crippen LogP contribution in [-0.2, 0) is 10.9 Å². The van der Waals surface area contributed by atoms with E-state index < -0.39 is 17.7 Å². The largest absolute Gasteiger partial charge is 0.465 e. The highest BCUT2D eigenvalue weighted by Crippen LogP contribution is 2.40. The highest BCUT2D eigenvalue weighted by atomic mass is 79.9. The molecule has 2 aromatic rings. The van der Waals surface area contributed by atoms with Gasteiger partial charge in [-0.2, -0.15) is 13.2 Å². The summed E-state index contributed by atoms with van der Waals surface area (Å²) in [4.78, 5) is 15.8. The van der Waals surface area contributed by atoms with Crippen LogP contribution in [-0.4, -0.2) is 18.1 Å². The van der Waals surface area contributed by atoms with Crippen LogP contribution in [0.25, 0.3) is 10.6 Å². The van der Waals surface area contributed by atoms with E-state index in [1.54, 1.807) is 6.92 Å². The number of ether oxygens (including phenoxy) is 1. The minimum Gasteiger partial charge on any atom is -0.465 e. The van der Waals surface area contributed by atoms with E-state index in [2.05, 4.69) is 25.7 Å². The first-order valence-corrected chi connectivity index (χ1v) is 7.28. The number of carbonyl (C=O) groups is 1. The minimum absolute atomic E-state index is 0.0612. The Bertz CT molecular complexity index is 697. The molecule has 0 saturated heterocycles. The van der Waals surface area contributed by atoms with Crippen LogP contribution in [0, 0.1) is 6.92 Å². The summed E-state index contributed by atoms with van der Waals surface area (Å²) in [5.41, 5.74) is -0.520. The number of carbonyl (C=O) groups excluding carboxylic acids is 1. The monoisotopic (exact) mass is 379 g/mol. The first-order valence-electron chi connectivity index (χ1n) is 5.67. The molecule has 0 unspecified atom stereocenters. The van der Waals surface area contributed by atoms with Crippen molar-refractivity contribution in [3.8, 4) is 10.6 Å². The maximum atomic E-state index is 13.1. The Morgan fingerprint density at radius 2 is 2.05 bits per heavy atom. The average molecular weight is 380 g/mol. The van der Waals surface area contributed by atoms with Gasteiger partial charge in [-0.25, -0.2) is 9.78 Å². The Hall–Kier alpha value is -1.41. The lowest BCUT2D eigenvalue weighted by Gasteiger charge is -2.11. The molecule has 2 rings (SSSR count). The summed E-state index contributed by atoms with van der Waals surface area (Å²) < 4.78 is 44.2. The fourth-order valence-corrected chi connectivity index (χ4v) is 3.12. The third-order valence-electron chi connectivity index (χ3n) is 2.68. The van der Waals surface area contributed by atoms with Crippen LogP contribution in [0.15, 0.2) is 22.7 Å². The number of methoxy groups -OCH3 is 1. The Balaban J connectivity index is 2.60. The first kappa shape index (κ1) is 16.0. The number of aryl methyl sites for hydroxylation is 1. The van der Waals surface area contributed by atoms with Crippen molar-refractivity contribution >= 4 is 33.2 Å². The van der Waals surface area contributed by atoms with Crippen molar-refractivity contribution in [3.05, 3.63) is 38.8 Å². The molecule has 0 spiro atoms. The second kappa shape index (κ2) is 5.76. The number of benzene rings is 1. The highest BCUT2D eigenvalue weighted by Gasteiger charge is 2.35. The molecule has 0 aliphatic heterocycles. The molecule has 0 aliphatic rings. The first-order chi connectivity index (χ1) is 9.74. The van der Waals surface area contributed by atoms with Gasteiger partial charge in [-0.05, 0) is 19.1 Å². The predicted octanol–water partition coefficient (Wildman–Crippen LogP) is 4.69. The van der Waals surface area contributed by atoms with E-state index in [0.29, 0.717) is 10.2 Å². The number of aromatic nitrogens is 1. The van der Waals surface area contributed by atoms with Crippen LogP contribution in [0.4, 0.5) is 13.2 Å². The number of esters is 1. The minimum atomic E-state index is -4.51. The van der Waals surface area contributed by atoms with E-state index in [-0.39, 0.29) is 15.4 Å². The Labute approximate surface area is 130 Å². The molecular formula is C13H9BrF3NO2S. The van der Waals surface area contributed by atoms with Gasteiger partial charge in [0.15, 0.2) is 0 Å². The number of hydrogen-bond acceptors (Lipinski definition) is 4. The highest BCUT2D eigenvalue weighted by molar-refractivity contribution is 9.10. The summed E-state index contributed by atoms with van der Waals surface area (Å²) in [6.07, 6.45) is -4.51. The topological polar surface area (TPSA) is 39.2 Å². The van der Waals surface area contributed by atoms with Gasteiger partial charge in [-0.1, -0.05) is 22.0 Å². The average Bonchev–Trinajstić information content (AvgIpc) is 2.78. The maximum absolute atomic E-state index is 13.1. The van der Waals surface area contributed by atoms with Crippen LogP contribution in [0.1, 0.15) is 20.9 Å². The van der Waals surface area contributed by atoms with Gasteiger partial charge in [-0.15, -0.1) is 11.3 Å². The van der Waals surface area contributed by atoms with Crippen LogP contribution in [0.5, 0.6) is 0 Å². The smallest absolute Gasteiger partial charge is 0.417 e. The SMILES string of the molecule is COC(=O)c1sc(-c2ccc(Br)cc2C(F)(F)F)nc1C. The molecule has 1 aromatic carbocycles. The number of rotatable bonds is 2. The molecule has 112 valence electrons. The quantitative estimate of drug-likeness (QED) is 0.710. The van der Waals surface area contributed by atoms with Gasteiger partial charge in [0, 0.05) is 10.0 Å². The van der Waals surface area contributed by atoms with Gasteiger partial charge in [0.2, 0.25) is 0 Å². The number of hydrogen-bond donors (Lipinski definition) is 0. The number of halogens is 4. The summed E-state index contributed by atoms with van der Waals surface area (Å²) in [6, 6.07) is 3.81. The summed E-state index contributed by atoms with van der Waals surface area (Å²) in [6.45, 7) is 1.55. The fraction of sp³-hybridized carbons (Fsp3) is 0.231. The second-order valence-electron chi connectivity index (χ2n) is 4.11. The normalized spacial score (nSPS) is 11.5. The number of alkyl halides is 3. The Kier molecular flexibility index (Phi) is 4.38. The predicted molar refractivity (Wildman–Crippen MR) is 76.3 cm³/mol. The Morgan fingerprint density at radius 3 is 2.62 bits per heavy atom. The van der Waals surface area contributed by atoms with Crippen LogP contribution in [0.2, 0.25) is 0 Å². The molecule has 0 aliphatic carbocycles. The molecule has 0 N–H and O–H groups in total. The van der Waals surface area contributed by atoms with Crippen molar-refractivity contribution in [1.82, 2.24) is 4.98 Å². The van der Waals surface area contributed by atoms with E-state index in [0.717, 1.165) is 17.4 Å². The standard InChI is InChI=1S/C13H9BrF3NO2S/c1-6-10(12(19)20-2)21-11(18-6)8-4-3-7(14)5-9(8)13(15,16)17/h3-5H,1-2H3. The fourth-order valence-electron chi connectivity index (χ4n) is 1.73. The van der Waals surface area contributed by atoms with Crippen LogP contribution >= 0.6 is 27.3 Å². The summed E-state index contributed by atoms with van der Waals surface area (Å²) >= 11 is 3.90. The van der Waals surface area contributed by atoms with Crippen molar-refractivity contribution in [2.24, 2.45) is 0 Å². The molecule has 0 radical (unpaired) electrons. The molecular weight excluding hydrogens is 371 g/mol. The van der Waals surface area contributed by atoms with E-state index in [4.69, 9.17) is 0 Å². The molecule has 8 heteroatoms. The molecule has 0 saturated carbocycles. The van der Waals surface area contributed by atoms with Crippen molar-refractivity contribution in [2.45, 2.75) is 13.1 Å². The van der Waals surface area contributed by atoms with Crippen LogP contribution < -0.4 is 0 Å². The van der Waals surface area contributed by atoms with Gasteiger partial charge in [0.1, 0.15) is 9.88 Å². The van der Waals surface area contributed by atoms with Crippen molar-refractivity contribution in [2.75, 3.05) is 7.11 Å². The summed E-state index contributed by atoms with van der Waals surface area (Å²) in [5.74, 6) is -0.609. The van der Waals surface area contributed by atoms with Gasteiger partial charge in [0.25, 0.3) is 0 Å². The van der Waals surface area contributed by atoms with Gasteiger partial charge in [-0.3, -0.25) is 0 Å². The van der Waals surface area contributed by atoms with Crippen molar-refractivity contribution in [1.29, 1.82) is 0 Å². The van der Waals surface area contributed by atoms with Crippen LogP contribution in [0.3, 0.4) is 0 Å². The zero-order valence-corrected chi connectivity index (χ0v) is 13.3. The molecule has 0 bridgehead atoms. The molecule has 21 heavy (non-hydrogen) atoms. The molecule has 1 heterocycles. The lowest BCUT2D eigenvalue weighted by molar-refractivity contribution is -0.137. The molecule has 0 atom stereocenters. The summed E-state index contributed by atoms with van der Waals surface area (Å²) in [7, 11) is 1.21. The van der Waals surface area contributed by atoms with E-state index in [1.807, 2.05) is 0 Å². The van der Waals surface area contributed by atoms with Gasteiger partial charge >= 0.3 is 12.1 Å². The summed E-state index contributed by atoms with van der Waals surface area (Å²) in [5, 5.41) is 0.132. The van der Waals surface area contributed by atoms with Crippen molar-refractivity contribution < 1.29 is 22.7 Å². The third-order valence-corrected chi connectivity index (χ3v) is 4.35. The number of nitrogens with zero attached hydrogens (tertiary/aromatic N) is 1. The van der Waals surface area contributed by atoms with E-state index >= 15 is 0 Å². The van der Waals surface area contributed by atoms with Gasteiger partial charge < -0.3 is 4.74 Å². The zero-order chi connectivity index (χ0) is 15.8. The maximum Gasteiger partial charge on any atom is 0.417 e. The van der Waals surface area contributed by atoms with Crippen molar-refractivity contribution in [3.63, 3.8) is 0 Å². The van der Waals surface area contributed by atoms with Gasteiger partial charge in [0.05, 0.1) is 18.4 Å². The number of thiazole rings is 1. The molecule has 0 fully saturated rings. The lowest BCUT2D eigenvalue weighted by Crippen LogP contribution is -2.07. The lowest BCUT2D eigenvalue weighted by atomic mass is 10.1. The molecule has 0 amide bonds.